The number of carbonyl (C=O) groups is 1. The van der Waals surface area contributed by atoms with Gasteiger partial charge < -0.3 is 14.6 Å². The Morgan fingerprint density at radius 3 is 2.84 bits per heavy atom. The van der Waals surface area contributed by atoms with E-state index in [1.807, 2.05) is 38.4 Å². The zero-order valence-corrected chi connectivity index (χ0v) is 22.5. The molecule has 1 aliphatic rings. The Hall–Kier alpha value is -3.63. The highest BCUT2D eigenvalue weighted by molar-refractivity contribution is 5.98. The minimum absolute atomic E-state index is 0.165. The van der Waals surface area contributed by atoms with E-state index >= 15 is 0 Å². The molecule has 3 aromatic heterocycles. The number of aromatic nitrogens is 5. The molecule has 0 amide bonds. The topological polar surface area (TPSA) is 92.2 Å². The van der Waals surface area contributed by atoms with Crippen LogP contribution in [0.2, 0.25) is 0 Å². The van der Waals surface area contributed by atoms with Crippen LogP contribution in [0, 0.1) is 5.82 Å². The summed E-state index contributed by atoms with van der Waals surface area (Å²) in [6.07, 6.45) is 5.45. The van der Waals surface area contributed by atoms with Crippen LogP contribution in [0.3, 0.4) is 0 Å². The molecule has 0 radical (unpaired) electrons. The van der Waals surface area contributed by atoms with E-state index in [1.165, 1.54) is 6.20 Å². The number of methoxy groups -OCH3 is 1. The summed E-state index contributed by atoms with van der Waals surface area (Å²) in [5.41, 5.74) is 3.38. The normalized spacial score (nSPS) is 17.7. The standard InChI is InChI=1S/C28H34FN7O2/c1-17-15-36(10-9-34(17)3)18(2)24(37)11-19-7-6-8-21-22(13-31-26(19)21)27-23(29)14-30-25(32-27)12-20-16-35(4)33-28(20)38-5/h6-8,13-14,16-18,31H,9-12,15H2,1-5H3/t17-,18-/m1/s1. The molecule has 0 aliphatic carbocycles. The first-order valence-corrected chi connectivity index (χ1v) is 12.9. The van der Waals surface area contributed by atoms with E-state index in [0.29, 0.717) is 36.2 Å². The molecule has 0 spiro atoms. The van der Waals surface area contributed by atoms with E-state index in [2.05, 4.69) is 43.8 Å². The number of hydrogen-bond acceptors (Lipinski definition) is 7. The molecule has 200 valence electrons. The second-order valence-corrected chi connectivity index (χ2v) is 10.2. The van der Waals surface area contributed by atoms with Crippen LogP contribution in [0.5, 0.6) is 5.88 Å². The zero-order chi connectivity index (χ0) is 27.0. The van der Waals surface area contributed by atoms with Crippen molar-refractivity contribution in [2.24, 2.45) is 7.05 Å². The van der Waals surface area contributed by atoms with Crippen molar-refractivity contribution in [2.45, 2.75) is 38.8 Å². The van der Waals surface area contributed by atoms with Gasteiger partial charge in [-0.05, 0) is 26.5 Å². The number of Topliss-reactive ketones (excluding diaryl/α,β-unsaturated/α-hetero) is 1. The predicted octanol–water partition coefficient (Wildman–Crippen LogP) is 3.23. The van der Waals surface area contributed by atoms with Crippen LogP contribution in [-0.4, -0.2) is 86.2 Å². The second kappa shape index (κ2) is 10.6. The first-order valence-electron chi connectivity index (χ1n) is 12.9. The summed E-state index contributed by atoms with van der Waals surface area (Å²) in [4.78, 5) is 29.9. The van der Waals surface area contributed by atoms with E-state index in [9.17, 15) is 9.18 Å². The molecule has 4 aromatic rings. The highest BCUT2D eigenvalue weighted by Gasteiger charge is 2.28. The van der Waals surface area contributed by atoms with Crippen LogP contribution in [-0.2, 0) is 24.7 Å². The maximum atomic E-state index is 15.0. The molecule has 0 bridgehead atoms. The smallest absolute Gasteiger partial charge is 0.236 e. The maximum absolute atomic E-state index is 15.0. The number of piperazine rings is 1. The molecule has 10 heteroatoms. The molecule has 9 nitrogen and oxygen atoms in total. The molecule has 1 N–H and O–H groups in total. The summed E-state index contributed by atoms with van der Waals surface area (Å²) < 4.78 is 22.0. The largest absolute Gasteiger partial charge is 0.480 e. The minimum Gasteiger partial charge on any atom is -0.480 e. The molecule has 0 unspecified atom stereocenters. The Balaban J connectivity index is 1.40. The average molecular weight is 520 g/mol. The highest BCUT2D eigenvalue weighted by Crippen LogP contribution is 2.31. The molecule has 2 atom stereocenters. The SMILES string of the molecule is COc1nn(C)cc1Cc1ncc(F)c(-c2c[nH]c3c(CC(=O)[C@@H](C)N4CCN(C)[C@H](C)C4)cccc23)n1. The number of aryl methyl sites for hydroxylation is 1. The quantitative estimate of drug-likeness (QED) is 0.382. The summed E-state index contributed by atoms with van der Waals surface area (Å²) >= 11 is 0. The number of halogens is 1. The number of H-pyrrole nitrogens is 1. The molecule has 1 saturated heterocycles. The fraction of sp³-hybridized carbons (Fsp3) is 0.429. The third-order valence-electron chi connectivity index (χ3n) is 7.63. The first-order chi connectivity index (χ1) is 18.2. The summed E-state index contributed by atoms with van der Waals surface area (Å²) in [6, 6.07) is 6.04. The van der Waals surface area contributed by atoms with Crippen molar-refractivity contribution < 1.29 is 13.9 Å². The Kier molecular flexibility index (Phi) is 7.27. The van der Waals surface area contributed by atoms with Gasteiger partial charge in [0.25, 0.3) is 0 Å². The lowest BCUT2D eigenvalue weighted by Crippen LogP contribution is -2.54. The fourth-order valence-electron chi connectivity index (χ4n) is 5.19. The number of nitrogens with one attached hydrogen (secondary N) is 1. The number of aromatic amines is 1. The van der Waals surface area contributed by atoms with Gasteiger partial charge in [0.05, 0.1) is 19.3 Å². The van der Waals surface area contributed by atoms with Crippen LogP contribution in [0.4, 0.5) is 4.39 Å². The van der Waals surface area contributed by atoms with E-state index in [1.54, 1.807) is 18.0 Å². The number of ketones is 1. The Bertz CT molecular complexity index is 1460. The van der Waals surface area contributed by atoms with Crippen molar-refractivity contribution in [1.82, 2.24) is 34.5 Å². The van der Waals surface area contributed by atoms with Crippen molar-refractivity contribution in [3.05, 3.63) is 59.6 Å². The maximum Gasteiger partial charge on any atom is 0.236 e. The molecule has 1 fully saturated rings. The lowest BCUT2D eigenvalue weighted by Gasteiger charge is -2.40. The van der Waals surface area contributed by atoms with Crippen LogP contribution in [0.1, 0.15) is 30.8 Å². The van der Waals surface area contributed by atoms with Gasteiger partial charge in [0, 0.05) is 80.0 Å². The van der Waals surface area contributed by atoms with Crippen LogP contribution < -0.4 is 4.74 Å². The lowest BCUT2D eigenvalue weighted by molar-refractivity contribution is -0.124. The third-order valence-corrected chi connectivity index (χ3v) is 7.63. The number of fused-ring (bicyclic) bond motifs is 1. The number of rotatable bonds is 8. The van der Waals surface area contributed by atoms with E-state index in [-0.39, 0.29) is 17.5 Å². The van der Waals surface area contributed by atoms with E-state index in [0.717, 1.165) is 41.7 Å². The summed E-state index contributed by atoms with van der Waals surface area (Å²) in [6.45, 7) is 6.89. The lowest BCUT2D eigenvalue weighted by atomic mass is 9.99. The summed E-state index contributed by atoms with van der Waals surface area (Å²) in [7, 11) is 5.49. The van der Waals surface area contributed by atoms with Crippen LogP contribution in [0.25, 0.3) is 22.2 Å². The monoisotopic (exact) mass is 519 g/mol. The van der Waals surface area contributed by atoms with E-state index < -0.39 is 5.82 Å². The zero-order valence-electron chi connectivity index (χ0n) is 22.5. The van der Waals surface area contributed by atoms with Crippen molar-refractivity contribution in [2.75, 3.05) is 33.8 Å². The minimum atomic E-state index is -0.507. The van der Waals surface area contributed by atoms with Crippen molar-refractivity contribution in [3.63, 3.8) is 0 Å². The van der Waals surface area contributed by atoms with Gasteiger partial charge in [-0.1, -0.05) is 18.2 Å². The van der Waals surface area contributed by atoms with Crippen molar-refractivity contribution >= 4 is 16.7 Å². The van der Waals surface area contributed by atoms with Crippen LogP contribution in [0.15, 0.2) is 36.8 Å². The number of para-hydroxylation sites is 1. The second-order valence-electron chi connectivity index (χ2n) is 10.2. The van der Waals surface area contributed by atoms with E-state index in [4.69, 9.17) is 4.74 Å². The van der Waals surface area contributed by atoms with Gasteiger partial charge in [-0.2, -0.15) is 0 Å². The van der Waals surface area contributed by atoms with Gasteiger partial charge in [0.15, 0.2) is 11.6 Å². The molecule has 5 rings (SSSR count). The summed E-state index contributed by atoms with van der Waals surface area (Å²) in [5.74, 6) is 0.616. The molecular weight excluding hydrogens is 485 g/mol. The number of benzene rings is 1. The highest BCUT2D eigenvalue weighted by atomic mass is 19.1. The van der Waals surface area contributed by atoms with Gasteiger partial charge in [0.1, 0.15) is 11.5 Å². The summed E-state index contributed by atoms with van der Waals surface area (Å²) in [5, 5.41) is 5.08. The van der Waals surface area contributed by atoms with Gasteiger partial charge in [-0.3, -0.25) is 14.4 Å². The van der Waals surface area contributed by atoms with Gasteiger partial charge in [-0.15, -0.1) is 5.10 Å². The number of hydrogen-bond donors (Lipinski definition) is 1. The molecule has 4 heterocycles. The fourth-order valence-corrected chi connectivity index (χ4v) is 5.19. The average Bonchev–Trinajstić information content (AvgIpc) is 3.49. The molecule has 0 saturated carbocycles. The molecular formula is C28H34FN7O2. The van der Waals surface area contributed by atoms with Crippen molar-refractivity contribution in [3.8, 4) is 17.1 Å². The molecule has 38 heavy (non-hydrogen) atoms. The van der Waals surface area contributed by atoms with Gasteiger partial charge in [0.2, 0.25) is 5.88 Å². The first kappa shape index (κ1) is 26.0. The van der Waals surface area contributed by atoms with Gasteiger partial charge >= 0.3 is 0 Å². The predicted molar refractivity (Wildman–Crippen MR) is 144 cm³/mol. The molecule has 1 aliphatic heterocycles. The Labute approximate surface area is 221 Å². The van der Waals surface area contributed by atoms with Gasteiger partial charge in [-0.25, -0.2) is 14.4 Å². The number of nitrogens with zero attached hydrogens (tertiary/aromatic N) is 6. The molecule has 1 aromatic carbocycles. The third kappa shape index (κ3) is 5.06. The number of carbonyl (C=O) groups excluding carboxylic acids is 1. The Morgan fingerprint density at radius 1 is 1.26 bits per heavy atom. The van der Waals surface area contributed by atoms with Crippen molar-refractivity contribution in [1.29, 1.82) is 0 Å². The number of likely N-dealkylation sites (N-methyl/N-ethyl adjacent to an activating group) is 1. The van der Waals surface area contributed by atoms with Crippen LogP contribution >= 0.6 is 0 Å². The number of ether oxygens (including phenoxy) is 1. The Morgan fingerprint density at radius 2 is 2.08 bits per heavy atom.